The molecule has 37 heavy (non-hydrogen) atoms. The van der Waals surface area contributed by atoms with Gasteiger partial charge < -0.3 is 24.1 Å². The molecule has 8 nitrogen and oxygen atoms in total. The summed E-state index contributed by atoms with van der Waals surface area (Å²) < 4.78 is 12.8. The van der Waals surface area contributed by atoms with E-state index in [1.807, 2.05) is 64.2 Å². The summed E-state index contributed by atoms with van der Waals surface area (Å²) in [6, 6.07) is 17.1. The topological polar surface area (TPSA) is 85.2 Å². The van der Waals surface area contributed by atoms with Crippen LogP contribution in [0.4, 0.5) is 0 Å². The van der Waals surface area contributed by atoms with Gasteiger partial charge in [0.05, 0.1) is 14.2 Å². The Morgan fingerprint density at radius 3 is 2.35 bits per heavy atom. The van der Waals surface area contributed by atoms with Crippen LogP contribution in [0.3, 0.4) is 0 Å². The van der Waals surface area contributed by atoms with Crippen LogP contribution in [0.15, 0.2) is 73.2 Å². The molecule has 1 aliphatic heterocycles. The zero-order valence-corrected chi connectivity index (χ0v) is 21.0. The molecule has 0 atom stereocenters. The predicted molar refractivity (Wildman–Crippen MR) is 140 cm³/mol. The van der Waals surface area contributed by atoms with Gasteiger partial charge in [-0.3, -0.25) is 9.59 Å². The lowest BCUT2D eigenvalue weighted by molar-refractivity contribution is 0.0705. The second kappa shape index (κ2) is 10.7. The molecule has 0 radical (unpaired) electrons. The average molecular weight is 499 g/mol. The molecule has 1 aliphatic rings. The fraction of sp³-hybridized carbons (Fsp3) is 0.276. The first-order valence-electron chi connectivity index (χ1n) is 12.4. The van der Waals surface area contributed by atoms with E-state index in [0.29, 0.717) is 48.2 Å². The molecule has 4 aromatic rings. The van der Waals surface area contributed by atoms with Crippen LogP contribution in [0.1, 0.15) is 50.6 Å². The quantitative estimate of drug-likeness (QED) is 0.411. The second-order valence-corrected chi connectivity index (χ2v) is 9.14. The number of benzene rings is 2. The lowest BCUT2D eigenvalue weighted by Crippen LogP contribution is -2.38. The molecule has 0 bridgehead atoms. The number of nitrogens with one attached hydrogen (secondary N) is 1. The standard InChI is InChI=1S/C29H30N4O4/c1-36-24-4-3-5-25(37-2)27(24)29(35)33-15-11-22(12-16-33)21-6-8-23(9-7-21)28(34)31-19-20-10-14-32-17-13-30-26(32)18-20/h3-10,13-14,17-18,22H,11-12,15-16,19H2,1-2H3,(H,31,34). The SMILES string of the molecule is COc1cccc(OC)c1C(=O)N1CCC(c2ccc(C(=O)NCc3ccn4ccnc4c3)cc2)CC1. The summed E-state index contributed by atoms with van der Waals surface area (Å²) in [4.78, 5) is 32.1. The van der Waals surface area contributed by atoms with Crippen molar-refractivity contribution in [2.75, 3.05) is 27.3 Å². The van der Waals surface area contributed by atoms with Crippen molar-refractivity contribution in [3.63, 3.8) is 0 Å². The number of imidazole rings is 1. The van der Waals surface area contributed by atoms with Crippen LogP contribution in [0, 0.1) is 0 Å². The van der Waals surface area contributed by atoms with E-state index in [4.69, 9.17) is 9.47 Å². The number of fused-ring (bicyclic) bond motifs is 1. The summed E-state index contributed by atoms with van der Waals surface area (Å²) >= 11 is 0. The zero-order valence-electron chi connectivity index (χ0n) is 21.0. The summed E-state index contributed by atoms with van der Waals surface area (Å²) in [6.45, 7) is 1.73. The lowest BCUT2D eigenvalue weighted by atomic mass is 9.88. The molecule has 2 amide bonds. The Bertz CT molecular complexity index is 1380. The maximum atomic E-state index is 13.3. The molecule has 2 aromatic heterocycles. The molecular formula is C29H30N4O4. The van der Waals surface area contributed by atoms with Gasteiger partial charge in [0.15, 0.2) is 0 Å². The van der Waals surface area contributed by atoms with Gasteiger partial charge in [-0.25, -0.2) is 4.98 Å². The van der Waals surface area contributed by atoms with Crippen LogP contribution in [-0.4, -0.2) is 53.4 Å². The highest BCUT2D eigenvalue weighted by Crippen LogP contribution is 2.33. The number of pyridine rings is 1. The molecule has 5 rings (SSSR count). The number of likely N-dealkylation sites (tertiary alicyclic amines) is 1. The number of piperidine rings is 1. The van der Waals surface area contributed by atoms with Crippen molar-refractivity contribution in [2.24, 2.45) is 0 Å². The molecule has 2 aromatic carbocycles. The van der Waals surface area contributed by atoms with Gasteiger partial charge in [-0.05, 0) is 66.3 Å². The summed E-state index contributed by atoms with van der Waals surface area (Å²) in [5.41, 5.74) is 4.12. The third-order valence-corrected chi connectivity index (χ3v) is 6.98. The highest BCUT2D eigenvalue weighted by Gasteiger charge is 2.28. The van der Waals surface area contributed by atoms with Crippen LogP contribution in [0.25, 0.3) is 5.65 Å². The molecular weight excluding hydrogens is 468 g/mol. The van der Waals surface area contributed by atoms with Gasteiger partial charge in [0, 0.05) is 43.8 Å². The van der Waals surface area contributed by atoms with Gasteiger partial charge in [-0.1, -0.05) is 18.2 Å². The first-order valence-corrected chi connectivity index (χ1v) is 12.4. The van der Waals surface area contributed by atoms with Gasteiger partial charge >= 0.3 is 0 Å². The largest absolute Gasteiger partial charge is 0.496 e. The van der Waals surface area contributed by atoms with E-state index in [-0.39, 0.29) is 11.8 Å². The maximum Gasteiger partial charge on any atom is 0.261 e. The Labute approximate surface area is 215 Å². The number of amides is 2. The maximum absolute atomic E-state index is 13.3. The molecule has 0 aliphatic carbocycles. The Morgan fingerprint density at radius 2 is 1.68 bits per heavy atom. The fourth-order valence-electron chi connectivity index (χ4n) is 4.89. The lowest BCUT2D eigenvalue weighted by Gasteiger charge is -2.33. The molecule has 1 fully saturated rings. The fourth-order valence-corrected chi connectivity index (χ4v) is 4.89. The number of methoxy groups -OCH3 is 2. The normalized spacial score (nSPS) is 13.9. The van der Waals surface area contributed by atoms with Crippen LogP contribution in [0.2, 0.25) is 0 Å². The number of nitrogens with zero attached hydrogens (tertiary/aromatic N) is 3. The average Bonchev–Trinajstić information content (AvgIpc) is 3.43. The van der Waals surface area contributed by atoms with E-state index in [1.54, 1.807) is 32.5 Å². The first kappa shape index (κ1) is 24.4. The summed E-state index contributed by atoms with van der Waals surface area (Å²) in [7, 11) is 3.11. The van der Waals surface area contributed by atoms with Crippen molar-refractivity contribution in [2.45, 2.75) is 25.3 Å². The minimum absolute atomic E-state index is 0.0772. The third-order valence-electron chi connectivity index (χ3n) is 6.98. The molecule has 0 saturated carbocycles. The van der Waals surface area contributed by atoms with Crippen molar-refractivity contribution < 1.29 is 19.1 Å². The van der Waals surface area contributed by atoms with Crippen molar-refractivity contribution in [1.82, 2.24) is 19.6 Å². The predicted octanol–water partition coefficient (Wildman–Crippen LogP) is 4.30. The second-order valence-electron chi connectivity index (χ2n) is 9.14. The van der Waals surface area contributed by atoms with E-state index >= 15 is 0 Å². The number of aromatic nitrogens is 2. The number of hydrogen-bond donors (Lipinski definition) is 1. The number of carbonyl (C=O) groups is 2. The number of rotatable bonds is 7. The Balaban J connectivity index is 1.17. The van der Waals surface area contributed by atoms with Gasteiger partial charge in [0.25, 0.3) is 11.8 Å². The monoisotopic (exact) mass is 498 g/mol. The molecule has 3 heterocycles. The summed E-state index contributed by atoms with van der Waals surface area (Å²) in [5.74, 6) is 1.18. The van der Waals surface area contributed by atoms with E-state index in [1.165, 1.54) is 5.56 Å². The van der Waals surface area contributed by atoms with Crippen LogP contribution >= 0.6 is 0 Å². The Kier molecular flexibility index (Phi) is 7.07. The van der Waals surface area contributed by atoms with Crippen LogP contribution < -0.4 is 14.8 Å². The molecule has 1 saturated heterocycles. The molecule has 8 heteroatoms. The van der Waals surface area contributed by atoms with Crippen molar-refractivity contribution in [3.8, 4) is 11.5 Å². The zero-order chi connectivity index (χ0) is 25.8. The van der Waals surface area contributed by atoms with E-state index in [2.05, 4.69) is 10.3 Å². The molecule has 0 spiro atoms. The summed E-state index contributed by atoms with van der Waals surface area (Å²) in [5, 5.41) is 2.98. The highest BCUT2D eigenvalue weighted by atomic mass is 16.5. The van der Waals surface area contributed by atoms with Crippen LogP contribution in [-0.2, 0) is 6.54 Å². The highest BCUT2D eigenvalue weighted by molar-refractivity contribution is 5.99. The number of ether oxygens (including phenoxy) is 2. The molecule has 190 valence electrons. The van der Waals surface area contributed by atoms with E-state index in [0.717, 1.165) is 24.1 Å². The van der Waals surface area contributed by atoms with Gasteiger partial charge in [0.1, 0.15) is 22.7 Å². The minimum atomic E-state index is -0.110. The van der Waals surface area contributed by atoms with Crippen molar-refractivity contribution in [1.29, 1.82) is 0 Å². The van der Waals surface area contributed by atoms with E-state index < -0.39 is 0 Å². The first-order chi connectivity index (χ1) is 18.1. The minimum Gasteiger partial charge on any atom is -0.496 e. The van der Waals surface area contributed by atoms with E-state index in [9.17, 15) is 9.59 Å². The van der Waals surface area contributed by atoms with Crippen molar-refractivity contribution in [3.05, 3.63) is 95.4 Å². The smallest absolute Gasteiger partial charge is 0.261 e. The van der Waals surface area contributed by atoms with Gasteiger partial charge in [-0.15, -0.1) is 0 Å². The Hall–Kier alpha value is -4.33. The molecule has 1 N–H and O–H groups in total. The van der Waals surface area contributed by atoms with Crippen LogP contribution in [0.5, 0.6) is 11.5 Å². The van der Waals surface area contributed by atoms with Gasteiger partial charge in [0.2, 0.25) is 0 Å². The molecule has 0 unspecified atom stereocenters. The van der Waals surface area contributed by atoms with Crippen molar-refractivity contribution >= 4 is 17.5 Å². The third kappa shape index (κ3) is 5.14. The van der Waals surface area contributed by atoms with Gasteiger partial charge in [-0.2, -0.15) is 0 Å². The summed E-state index contributed by atoms with van der Waals surface area (Å²) in [6.07, 6.45) is 7.28. The Morgan fingerprint density at radius 1 is 0.973 bits per heavy atom. The number of carbonyl (C=O) groups excluding carboxylic acids is 2. The number of hydrogen-bond acceptors (Lipinski definition) is 5.